The average Bonchev–Trinajstić information content (AvgIpc) is 3.25. The van der Waals surface area contributed by atoms with Crippen LogP contribution < -0.4 is 10.9 Å². The Bertz CT molecular complexity index is 1210. The number of urea groups is 1. The molecule has 1 atom stereocenters. The van der Waals surface area contributed by atoms with E-state index >= 15 is 0 Å². The average molecular weight is 467 g/mol. The molecule has 1 saturated heterocycles. The van der Waals surface area contributed by atoms with Crippen molar-refractivity contribution < 1.29 is 4.79 Å². The van der Waals surface area contributed by atoms with Crippen molar-refractivity contribution in [3.8, 4) is 0 Å². The molecule has 0 spiro atoms. The maximum Gasteiger partial charge on any atom is 0.322 e. The van der Waals surface area contributed by atoms with E-state index in [0.717, 1.165) is 48.0 Å². The Balaban J connectivity index is 1.63. The molecule has 2 aromatic carbocycles. The maximum atomic E-state index is 13.3. The zero-order chi connectivity index (χ0) is 23.5. The van der Waals surface area contributed by atoms with Gasteiger partial charge in [-0.15, -0.1) is 0 Å². The number of aromatic amines is 1. The van der Waals surface area contributed by atoms with Crippen LogP contribution in [0, 0.1) is 13.8 Å². The van der Waals surface area contributed by atoms with Crippen LogP contribution in [0.15, 0.2) is 47.3 Å². The number of carbonyl (C=O) groups excluding carboxylic acids is 1. The van der Waals surface area contributed by atoms with Gasteiger partial charge in [0.1, 0.15) is 0 Å². The number of nitrogens with one attached hydrogen (secondary N) is 2. The summed E-state index contributed by atoms with van der Waals surface area (Å²) in [5, 5.41) is 4.55. The summed E-state index contributed by atoms with van der Waals surface area (Å²) in [6, 6.07) is 13.1. The van der Waals surface area contributed by atoms with Gasteiger partial charge in [0.05, 0.1) is 12.1 Å². The standard InChI is InChI=1S/C26H31ClN4O2/c1-4-30-13-5-6-23(30)16-31(26(33)28-22-11-9-21(27)10-12-22)15-20-14-19-8-7-17(2)18(3)24(19)29-25(20)32/h7-12,14,23H,4-6,13,15-16H2,1-3H3,(H,28,33)(H,29,32)/t23-/m1/s1. The molecule has 1 aliphatic rings. The van der Waals surface area contributed by atoms with E-state index in [1.54, 1.807) is 29.2 Å². The summed E-state index contributed by atoms with van der Waals surface area (Å²) < 4.78 is 0. The van der Waals surface area contributed by atoms with Crippen LogP contribution in [-0.2, 0) is 6.54 Å². The molecule has 0 aliphatic carbocycles. The number of likely N-dealkylation sites (N-methyl/N-ethyl adjacent to an activating group) is 1. The third-order valence-electron chi connectivity index (χ3n) is 6.71. The van der Waals surface area contributed by atoms with E-state index in [1.165, 1.54) is 0 Å². The molecule has 33 heavy (non-hydrogen) atoms. The summed E-state index contributed by atoms with van der Waals surface area (Å²) in [4.78, 5) is 33.5. The van der Waals surface area contributed by atoms with Crippen molar-refractivity contribution in [2.24, 2.45) is 0 Å². The molecule has 4 rings (SSSR count). The minimum absolute atomic E-state index is 0.153. The molecule has 174 valence electrons. The van der Waals surface area contributed by atoms with Gasteiger partial charge in [0.2, 0.25) is 0 Å². The number of halogens is 1. The van der Waals surface area contributed by atoms with Crippen LogP contribution >= 0.6 is 11.6 Å². The molecular formula is C26H31ClN4O2. The number of anilines is 1. The van der Waals surface area contributed by atoms with Gasteiger partial charge in [0, 0.05) is 28.9 Å². The lowest BCUT2D eigenvalue weighted by molar-refractivity contribution is 0.174. The number of amides is 2. The van der Waals surface area contributed by atoms with Crippen molar-refractivity contribution >= 4 is 34.2 Å². The van der Waals surface area contributed by atoms with Crippen LogP contribution in [-0.4, -0.2) is 46.5 Å². The molecule has 6 nitrogen and oxygen atoms in total. The highest BCUT2D eigenvalue weighted by Crippen LogP contribution is 2.22. The van der Waals surface area contributed by atoms with Gasteiger partial charge in [-0.3, -0.25) is 9.69 Å². The minimum Gasteiger partial charge on any atom is -0.321 e. The summed E-state index contributed by atoms with van der Waals surface area (Å²) >= 11 is 5.98. The first kappa shape index (κ1) is 23.3. The van der Waals surface area contributed by atoms with Gasteiger partial charge in [-0.25, -0.2) is 4.79 Å². The number of aryl methyl sites for hydroxylation is 2. The van der Waals surface area contributed by atoms with Crippen molar-refractivity contribution in [2.75, 3.05) is 25.0 Å². The lowest BCUT2D eigenvalue weighted by Gasteiger charge is -2.30. The number of pyridine rings is 1. The number of aromatic nitrogens is 1. The van der Waals surface area contributed by atoms with Crippen LogP contribution in [0.4, 0.5) is 10.5 Å². The van der Waals surface area contributed by atoms with Crippen LogP contribution in [0.25, 0.3) is 10.9 Å². The van der Waals surface area contributed by atoms with Gasteiger partial charge >= 0.3 is 6.03 Å². The first-order valence-electron chi connectivity index (χ1n) is 11.5. The molecule has 2 N–H and O–H groups in total. The first-order valence-corrected chi connectivity index (χ1v) is 11.9. The van der Waals surface area contributed by atoms with E-state index in [2.05, 4.69) is 28.2 Å². The Morgan fingerprint density at radius 2 is 1.97 bits per heavy atom. The summed E-state index contributed by atoms with van der Waals surface area (Å²) in [7, 11) is 0. The molecular weight excluding hydrogens is 436 g/mol. The number of benzene rings is 2. The third-order valence-corrected chi connectivity index (χ3v) is 6.96. The minimum atomic E-state index is -0.222. The molecule has 0 bridgehead atoms. The number of rotatable bonds is 6. The van der Waals surface area contributed by atoms with Crippen LogP contribution in [0.1, 0.15) is 36.5 Å². The Morgan fingerprint density at radius 1 is 1.21 bits per heavy atom. The smallest absolute Gasteiger partial charge is 0.321 e. The number of nitrogens with zero attached hydrogens (tertiary/aromatic N) is 2. The number of likely N-dealkylation sites (tertiary alicyclic amines) is 1. The second-order valence-corrected chi connectivity index (χ2v) is 9.27. The summed E-state index contributed by atoms with van der Waals surface area (Å²) in [6.45, 7) is 9.00. The van der Waals surface area contributed by atoms with E-state index in [1.807, 2.05) is 26.0 Å². The number of fused-ring (bicyclic) bond motifs is 1. The normalized spacial score (nSPS) is 16.3. The second kappa shape index (κ2) is 9.98. The van der Waals surface area contributed by atoms with Gasteiger partial charge in [-0.2, -0.15) is 0 Å². The molecule has 0 radical (unpaired) electrons. The summed E-state index contributed by atoms with van der Waals surface area (Å²) in [6.07, 6.45) is 2.17. The Hall–Kier alpha value is -2.83. The van der Waals surface area contributed by atoms with E-state index in [0.29, 0.717) is 22.8 Å². The zero-order valence-corrected chi connectivity index (χ0v) is 20.2. The SMILES string of the molecule is CCN1CCC[C@@H]1CN(Cc1cc2ccc(C)c(C)c2[nH]c1=O)C(=O)Nc1ccc(Cl)cc1. The number of carbonyl (C=O) groups is 1. The monoisotopic (exact) mass is 466 g/mol. The predicted octanol–water partition coefficient (Wildman–Crippen LogP) is 5.32. The zero-order valence-electron chi connectivity index (χ0n) is 19.5. The fraction of sp³-hybridized carbons (Fsp3) is 0.385. The van der Waals surface area contributed by atoms with Gasteiger partial charge < -0.3 is 15.2 Å². The van der Waals surface area contributed by atoms with Crippen LogP contribution in [0.2, 0.25) is 5.02 Å². The molecule has 0 saturated carbocycles. The van der Waals surface area contributed by atoms with Crippen molar-refractivity contribution in [1.29, 1.82) is 0 Å². The first-order chi connectivity index (χ1) is 15.9. The Morgan fingerprint density at radius 3 is 2.70 bits per heavy atom. The van der Waals surface area contributed by atoms with Crippen LogP contribution in [0.3, 0.4) is 0 Å². The maximum absolute atomic E-state index is 13.3. The predicted molar refractivity (Wildman–Crippen MR) is 135 cm³/mol. The fourth-order valence-corrected chi connectivity index (χ4v) is 4.75. The van der Waals surface area contributed by atoms with E-state index < -0.39 is 0 Å². The fourth-order valence-electron chi connectivity index (χ4n) is 4.62. The summed E-state index contributed by atoms with van der Waals surface area (Å²) in [5.74, 6) is 0. The lowest BCUT2D eigenvalue weighted by atomic mass is 10.0. The van der Waals surface area contributed by atoms with Gasteiger partial charge in [-0.05, 0) is 86.6 Å². The van der Waals surface area contributed by atoms with Crippen molar-refractivity contribution in [3.63, 3.8) is 0 Å². The van der Waals surface area contributed by atoms with E-state index in [9.17, 15) is 9.59 Å². The van der Waals surface area contributed by atoms with Crippen molar-refractivity contribution in [3.05, 3.63) is 74.5 Å². The molecule has 3 aromatic rings. The molecule has 1 aliphatic heterocycles. The summed E-state index contributed by atoms with van der Waals surface area (Å²) in [5.41, 5.74) is 4.16. The largest absolute Gasteiger partial charge is 0.322 e. The highest BCUT2D eigenvalue weighted by molar-refractivity contribution is 6.30. The van der Waals surface area contributed by atoms with E-state index in [4.69, 9.17) is 11.6 Å². The van der Waals surface area contributed by atoms with Crippen molar-refractivity contribution in [1.82, 2.24) is 14.8 Å². The Labute approximate surface area is 199 Å². The highest BCUT2D eigenvalue weighted by atomic mass is 35.5. The quantitative estimate of drug-likeness (QED) is 0.516. The van der Waals surface area contributed by atoms with E-state index in [-0.39, 0.29) is 24.2 Å². The molecule has 1 aromatic heterocycles. The van der Waals surface area contributed by atoms with Crippen molar-refractivity contribution in [2.45, 2.75) is 46.2 Å². The Kier molecular flexibility index (Phi) is 7.05. The molecule has 7 heteroatoms. The lowest BCUT2D eigenvalue weighted by Crippen LogP contribution is -2.45. The van der Waals surface area contributed by atoms with Gasteiger partial charge in [0.25, 0.3) is 5.56 Å². The number of hydrogen-bond acceptors (Lipinski definition) is 3. The molecule has 2 amide bonds. The van der Waals surface area contributed by atoms with Gasteiger partial charge in [0.15, 0.2) is 0 Å². The second-order valence-electron chi connectivity index (χ2n) is 8.84. The molecule has 2 heterocycles. The van der Waals surface area contributed by atoms with Crippen LogP contribution in [0.5, 0.6) is 0 Å². The number of H-pyrrole nitrogens is 1. The topological polar surface area (TPSA) is 68.4 Å². The third kappa shape index (κ3) is 5.23. The van der Waals surface area contributed by atoms with Gasteiger partial charge in [-0.1, -0.05) is 30.7 Å². The highest BCUT2D eigenvalue weighted by Gasteiger charge is 2.28. The molecule has 0 unspecified atom stereocenters. The number of hydrogen-bond donors (Lipinski definition) is 2. The molecule has 1 fully saturated rings.